The maximum Gasteiger partial charge on any atom is 0.407 e. The van der Waals surface area contributed by atoms with Crippen LogP contribution in [0.1, 0.15) is 58.6 Å². The van der Waals surface area contributed by atoms with Gasteiger partial charge >= 0.3 is 6.09 Å². The van der Waals surface area contributed by atoms with Crippen LogP contribution in [0.2, 0.25) is 0 Å². The van der Waals surface area contributed by atoms with Gasteiger partial charge in [0.05, 0.1) is 0 Å². The lowest BCUT2D eigenvalue weighted by Gasteiger charge is -2.35. The molecule has 5 rings (SSSR count). The molecule has 0 bridgehead atoms. The van der Waals surface area contributed by atoms with Gasteiger partial charge < -0.3 is 15.0 Å². The van der Waals surface area contributed by atoms with Gasteiger partial charge in [-0.15, -0.1) is 0 Å². The number of hydrogen-bond donors (Lipinski definition) is 2. The number of benzene rings is 2. The number of imide groups is 1. The third kappa shape index (κ3) is 4.33. The molecule has 33 heavy (non-hydrogen) atoms. The summed E-state index contributed by atoms with van der Waals surface area (Å²) in [5.74, 6) is -0.521. The molecule has 2 heterocycles. The van der Waals surface area contributed by atoms with E-state index in [1.807, 2.05) is 30.3 Å². The fraction of sp³-hybridized carbons (Fsp3) is 0.360. The molecule has 8 heteroatoms. The van der Waals surface area contributed by atoms with Gasteiger partial charge in [-0.05, 0) is 47.9 Å². The van der Waals surface area contributed by atoms with Crippen LogP contribution in [0.4, 0.5) is 4.79 Å². The molecule has 8 nitrogen and oxygen atoms in total. The average Bonchev–Trinajstić information content (AvgIpc) is 3.11. The summed E-state index contributed by atoms with van der Waals surface area (Å²) in [7, 11) is 0. The maximum absolute atomic E-state index is 12.9. The molecule has 2 fully saturated rings. The van der Waals surface area contributed by atoms with Crippen molar-refractivity contribution in [2.45, 2.75) is 56.8 Å². The fourth-order valence-electron chi connectivity index (χ4n) is 4.78. The SMILES string of the molecule is O=C1CCC(N2Cc3ccc(COC(=O)N[C@H]4C[C@@H](c5ccccc5)C4)cc3C2=O)C(=O)N1. The number of fused-ring (bicyclic) bond motifs is 1. The van der Waals surface area contributed by atoms with E-state index in [1.54, 1.807) is 6.07 Å². The molecule has 0 aromatic heterocycles. The Balaban J connectivity index is 1.13. The van der Waals surface area contributed by atoms with Crippen molar-refractivity contribution in [3.8, 4) is 0 Å². The van der Waals surface area contributed by atoms with Gasteiger partial charge in [-0.3, -0.25) is 19.7 Å². The highest BCUT2D eigenvalue weighted by Crippen LogP contribution is 2.36. The first-order valence-electron chi connectivity index (χ1n) is 11.2. The summed E-state index contributed by atoms with van der Waals surface area (Å²) < 4.78 is 5.37. The summed E-state index contributed by atoms with van der Waals surface area (Å²) >= 11 is 0. The van der Waals surface area contributed by atoms with E-state index in [1.165, 1.54) is 10.5 Å². The number of ether oxygens (including phenoxy) is 1. The predicted octanol–water partition coefficient (Wildman–Crippen LogP) is 2.62. The van der Waals surface area contributed by atoms with Gasteiger partial charge in [0, 0.05) is 24.6 Å². The molecule has 170 valence electrons. The smallest absolute Gasteiger partial charge is 0.407 e. The van der Waals surface area contributed by atoms with E-state index in [4.69, 9.17) is 4.74 Å². The van der Waals surface area contributed by atoms with E-state index in [-0.39, 0.29) is 30.9 Å². The van der Waals surface area contributed by atoms with Gasteiger partial charge in [-0.1, -0.05) is 42.5 Å². The quantitative estimate of drug-likeness (QED) is 0.686. The van der Waals surface area contributed by atoms with Crippen LogP contribution >= 0.6 is 0 Å². The van der Waals surface area contributed by atoms with Crippen molar-refractivity contribution in [3.05, 3.63) is 70.8 Å². The van der Waals surface area contributed by atoms with Crippen molar-refractivity contribution in [3.63, 3.8) is 0 Å². The van der Waals surface area contributed by atoms with E-state index in [9.17, 15) is 19.2 Å². The molecule has 1 saturated heterocycles. The minimum absolute atomic E-state index is 0.0552. The molecule has 1 atom stereocenters. The number of amides is 4. The Morgan fingerprint density at radius 1 is 1.09 bits per heavy atom. The van der Waals surface area contributed by atoms with Gasteiger partial charge in [0.2, 0.25) is 11.8 Å². The van der Waals surface area contributed by atoms with Gasteiger partial charge in [-0.25, -0.2) is 4.79 Å². The minimum Gasteiger partial charge on any atom is -0.445 e. The second-order valence-corrected chi connectivity index (χ2v) is 8.89. The largest absolute Gasteiger partial charge is 0.445 e. The van der Waals surface area contributed by atoms with Crippen molar-refractivity contribution >= 4 is 23.8 Å². The Kier molecular flexibility index (Phi) is 5.58. The van der Waals surface area contributed by atoms with Crippen molar-refractivity contribution in [1.82, 2.24) is 15.5 Å². The maximum atomic E-state index is 12.9. The lowest BCUT2D eigenvalue weighted by Crippen LogP contribution is -2.52. The zero-order chi connectivity index (χ0) is 22.9. The number of rotatable bonds is 5. The molecular formula is C25H25N3O5. The molecule has 2 N–H and O–H groups in total. The fourth-order valence-corrected chi connectivity index (χ4v) is 4.78. The molecule has 4 amide bonds. The second kappa shape index (κ2) is 8.69. The molecular weight excluding hydrogens is 422 g/mol. The number of carbonyl (C=O) groups excluding carboxylic acids is 4. The van der Waals surface area contributed by atoms with Crippen LogP contribution in [-0.4, -0.2) is 40.8 Å². The van der Waals surface area contributed by atoms with Crippen LogP contribution in [0.5, 0.6) is 0 Å². The van der Waals surface area contributed by atoms with E-state index >= 15 is 0 Å². The lowest BCUT2D eigenvalue weighted by molar-refractivity contribution is -0.136. The second-order valence-electron chi connectivity index (χ2n) is 8.89. The highest BCUT2D eigenvalue weighted by Gasteiger charge is 2.39. The van der Waals surface area contributed by atoms with Crippen LogP contribution in [-0.2, 0) is 27.5 Å². The number of carbonyl (C=O) groups is 4. The lowest BCUT2D eigenvalue weighted by atomic mass is 9.76. The summed E-state index contributed by atoms with van der Waals surface area (Å²) in [6.45, 7) is 0.381. The Labute approximate surface area is 191 Å². The summed E-state index contributed by atoms with van der Waals surface area (Å²) in [6, 6.07) is 15.1. The molecule has 0 spiro atoms. The zero-order valence-corrected chi connectivity index (χ0v) is 18.1. The summed E-state index contributed by atoms with van der Waals surface area (Å²) in [5.41, 5.74) is 3.32. The molecule has 1 unspecified atom stereocenters. The third-order valence-corrected chi connectivity index (χ3v) is 6.69. The molecule has 2 aromatic rings. The number of nitrogens with one attached hydrogen (secondary N) is 2. The standard InChI is InChI=1S/C25H25N3O5/c29-22-9-8-21(23(30)27-22)28-13-17-7-6-15(10-20(17)24(28)31)14-33-25(32)26-19-11-18(12-19)16-4-2-1-3-5-16/h1-7,10,18-19,21H,8-9,11-14H2,(H,26,32)(H,27,29,30)/t18-,19+,21?. The Bertz CT molecular complexity index is 1110. The van der Waals surface area contributed by atoms with E-state index < -0.39 is 18.0 Å². The van der Waals surface area contributed by atoms with Crippen LogP contribution < -0.4 is 10.6 Å². The van der Waals surface area contributed by atoms with Gasteiger partial charge in [0.25, 0.3) is 5.91 Å². The van der Waals surface area contributed by atoms with Crippen molar-refractivity contribution in [1.29, 1.82) is 0 Å². The third-order valence-electron chi connectivity index (χ3n) is 6.69. The topological polar surface area (TPSA) is 105 Å². The summed E-state index contributed by atoms with van der Waals surface area (Å²) in [5, 5.41) is 5.20. The molecule has 2 aliphatic heterocycles. The molecule has 0 radical (unpaired) electrons. The first-order valence-corrected chi connectivity index (χ1v) is 11.2. The Morgan fingerprint density at radius 2 is 1.88 bits per heavy atom. The predicted molar refractivity (Wildman–Crippen MR) is 118 cm³/mol. The van der Waals surface area contributed by atoms with Gasteiger partial charge in [-0.2, -0.15) is 0 Å². The van der Waals surface area contributed by atoms with Crippen LogP contribution in [0.15, 0.2) is 48.5 Å². The molecule has 1 aliphatic carbocycles. The Morgan fingerprint density at radius 3 is 2.64 bits per heavy atom. The van der Waals surface area contributed by atoms with E-state index in [0.717, 1.165) is 18.4 Å². The monoisotopic (exact) mass is 447 g/mol. The zero-order valence-electron chi connectivity index (χ0n) is 18.1. The van der Waals surface area contributed by atoms with Crippen LogP contribution in [0.25, 0.3) is 0 Å². The average molecular weight is 447 g/mol. The number of alkyl carbamates (subject to hydrolysis) is 1. The van der Waals surface area contributed by atoms with Crippen molar-refractivity contribution < 1.29 is 23.9 Å². The first kappa shape index (κ1) is 21.2. The van der Waals surface area contributed by atoms with E-state index in [2.05, 4.69) is 22.8 Å². The van der Waals surface area contributed by atoms with Crippen LogP contribution in [0, 0.1) is 0 Å². The molecule has 2 aromatic carbocycles. The highest BCUT2D eigenvalue weighted by molar-refractivity contribution is 6.05. The normalized spacial score (nSPS) is 24.1. The first-order chi connectivity index (χ1) is 16.0. The number of piperidine rings is 1. The summed E-state index contributed by atoms with van der Waals surface area (Å²) in [6.07, 6.45) is 1.86. The molecule has 3 aliphatic rings. The Hall–Kier alpha value is -3.68. The molecule has 1 saturated carbocycles. The van der Waals surface area contributed by atoms with Crippen molar-refractivity contribution in [2.24, 2.45) is 0 Å². The van der Waals surface area contributed by atoms with Crippen molar-refractivity contribution in [2.75, 3.05) is 0 Å². The number of nitrogens with zero attached hydrogens (tertiary/aromatic N) is 1. The van der Waals surface area contributed by atoms with E-state index in [0.29, 0.717) is 30.0 Å². The number of hydrogen-bond acceptors (Lipinski definition) is 5. The minimum atomic E-state index is -0.643. The van der Waals surface area contributed by atoms with Crippen LogP contribution in [0.3, 0.4) is 0 Å². The highest BCUT2D eigenvalue weighted by atomic mass is 16.5. The summed E-state index contributed by atoms with van der Waals surface area (Å²) in [4.78, 5) is 50.2. The van der Waals surface area contributed by atoms with Gasteiger partial charge in [0.1, 0.15) is 12.6 Å². The van der Waals surface area contributed by atoms with Gasteiger partial charge in [0.15, 0.2) is 0 Å².